The van der Waals surface area contributed by atoms with Gasteiger partial charge in [0.1, 0.15) is 0 Å². The zero-order valence-electron chi connectivity index (χ0n) is 10.5. The van der Waals surface area contributed by atoms with Gasteiger partial charge in [-0.1, -0.05) is 45.5 Å². The van der Waals surface area contributed by atoms with Gasteiger partial charge < -0.3 is 9.84 Å². The summed E-state index contributed by atoms with van der Waals surface area (Å²) >= 11 is 0. The Balaban J connectivity index is 4.37. The average Bonchev–Trinajstić information content (AvgIpc) is 2.23. The zero-order chi connectivity index (χ0) is 12.6. The van der Waals surface area contributed by atoms with Gasteiger partial charge >= 0.3 is 6.16 Å². The van der Waals surface area contributed by atoms with E-state index in [9.17, 15) is 4.79 Å². The quantitative estimate of drug-likeness (QED) is 0.532. The van der Waals surface area contributed by atoms with Crippen molar-refractivity contribution in [3.8, 4) is 12.3 Å². The first-order valence-corrected chi connectivity index (χ1v) is 5.87. The van der Waals surface area contributed by atoms with E-state index < -0.39 is 11.8 Å². The number of carboxylic acid groups (broad SMARTS) is 1. The zero-order valence-corrected chi connectivity index (χ0v) is 10.5. The maximum atomic E-state index is 10.5. The monoisotopic (exact) mass is 226 g/mol. The van der Waals surface area contributed by atoms with Gasteiger partial charge in [-0.05, 0) is 12.8 Å². The van der Waals surface area contributed by atoms with E-state index in [1.165, 1.54) is 0 Å². The maximum Gasteiger partial charge on any atom is 0.507 e. The standard InChI is InChI=1S/C13H22O3/c1-5-8-9-11(6-2)10-13(4,7-3)16-12(14)15/h3,11H,5-6,8-10H2,1-2,4H3,(H,14,15). The molecular weight excluding hydrogens is 204 g/mol. The van der Waals surface area contributed by atoms with E-state index in [4.69, 9.17) is 16.3 Å². The van der Waals surface area contributed by atoms with E-state index in [0.29, 0.717) is 12.3 Å². The highest BCUT2D eigenvalue weighted by atomic mass is 16.7. The van der Waals surface area contributed by atoms with Crippen LogP contribution < -0.4 is 0 Å². The molecule has 0 aromatic carbocycles. The Morgan fingerprint density at radius 1 is 1.56 bits per heavy atom. The fourth-order valence-corrected chi connectivity index (χ4v) is 1.82. The van der Waals surface area contributed by atoms with Crippen LogP contribution in [-0.4, -0.2) is 16.9 Å². The summed E-state index contributed by atoms with van der Waals surface area (Å²) in [5, 5.41) is 8.62. The van der Waals surface area contributed by atoms with Gasteiger partial charge in [-0.2, -0.15) is 0 Å². The molecular formula is C13H22O3. The summed E-state index contributed by atoms with van der Waals surface area (Å²) in [7, 11) is 0. The molecule has 0 radical (unpaired) electrons. The van der Waals surface area contributed by atoms with Crippen molar-refractivity contribution < 1.29 is 14.6 Å². The summed E-state index contributed by atoms with van der Waals surface area (Å²) in [5.74, 6) is 2.88. The van der Waals surface area contributed by atoms with Gasteiger partial charge in [-0.25, -0.2) is 4.79 Å². The molecule has 0 aliphatic rings. The van der Waals surface area contributed by atoms with Crippen LogP contribution >= 0.6 is 0 Å². The SMILES string of the molecule is C#CC(C)(CC(CC)CCCC)OC(=O)O. The molecule has 92 valence electrons. The molecule has 3 heteroatoms. The summed E-state index contributed by atoms with van der Waals surface area (Å²) < 4.78 is 4.78. The van der Waals surface area contributed by atoms with Crippen LogP contribution in [0, 0.1) is 18.3 Å². The average molecular weight is 226 g/mol. The molecule has 0 rings (SSSR count). The van der Waals surface area contributed by atoms with E-state index in [0.717, 1.165) is 25.7 Å². The highest BCUT2D eigenvalue weighted by Crippen LogP contribution is 2.26. The van der Waals surface area contributed by atoms with Crippen molar-refractivity contribution in [1.29, 1.82) is 0 Å². The van der Waals surface area contributed by atoms with Crippen LogP contribution in [0.2, 0.25) is 0 Å². The smallest absolute Gasteiger partial charge is 0.450 e. The predicted octanol–water partition coefficient (Wildman–Crippen LogP) is 3.68. The number of unbranched alkanes of at least 4 members (excludes halogenated alkanes) is 1. The number of ether oxygens (including phenoxy) is 1. The molecule has 16 heavy (non-hydrogen) atoms. The highest BCUT2D eigenvalue weighted by molar-refractivity contribution is 5.58. The highest BCUT2D eigenvalue weighted by Gasteiger charge is 2.29. The van der Waals surface area contributed by atoms with Gasteiger partial charge in [0.05, 0.1) is 0 Å². The lowest BCUT2D eigenvalue weighted by Gasteiger charge is -2.27. The molecule has 0 saturated carbocycles. The molecule has 1 N–H and O–H groups in total. The van der Waals surface area contributed by atoms with Gasteiger partial charge in [0.15, 0.2) is 5.60 Å². The fourth-order valence-electron chi connectivity index (χ4n) is 1.82. The molecule has 0 bridgehead atoms. The molecule has 2 unspecified atom stereocenters. The Morgan fingerprint density at radius 3 is 2.56 bits per heavy atom. The third-order valence-electron chi connectivity index (χ3n) is 2.84. The first-order valence-electron chi connectivity index (χ1n) is 5.87. The molecule has 0 aromatic rings. The minimum Gasteiger partial charge on any atom is -0.450 e. The number of hydrogen-bond acceptors (Lipinski definition) is 2. The maximum absolute atomic E-state index is 10.5. The van der Waals surface area contributed by atoms with Crippen LogP contribution in [0.1, 0.15) is 52.9 Å². The Bertz CT molecular complexity index is 254. The van der Waals surface area contributed by atoms with Crippen molar-refractivity contribution in [2.75, 3.05) is 0 Å². The molecule has 0 aromatic heterocycles. The second kappa shape index (κ2) is 7.16. The lowest BCUT2D eigenvalue weighted by molar-refractivity contribution is 0.0120. The number of terminal acetylenes is 1. The van der Waals surface area contributed by atoms with E-state index in [-0.39, 0.29) is 0 Å². The fraction of sp³-hybridized carbons (Fsp3) is 0.769. The van der Waals surface area contributed by atoms with Gasteiger partial charge in [-0.15, -0.1) is 6.42 Å². The second-order valence-corrected chi connectivity index (χ2v) is 4.36. The third kappa shape index (κ3) is 5.65. The van der Waals surface area contributed by atoms with E-state index in [1.807, 2.05) is 0 Å². The topological polar surface area (TPSA) is 46.5 Å². The normalized spacial score (nSPS) is 15.9. The van der Waals surface area contributed by atoms with Crippen molar-refractivity contribution in [1.82, 2.24) is 0 Å². The Morgan fingerprint density at radius 2 is 2.19 bits per heavy atom. The minimum atomic E-state index is -1.30. The van der Waals surface area contributed by atoms with Crippen molar-refractivity contribution in [3.63, 3.8) is 0 Å². The summed E-state index contributed by atoms with van der Waals surface area (Å²) in [6, 6.07) is 0. The lowest BCUT2D eigenvalue weighted by Crippen LogP contribution is -2.32. The molecule has 0 saturated heterocycles. The number of carbonyl (C=O) groups is 1. The van der Waals surface area contributed by atoms with Crippen LogP contribution in [-0.2, 0) is 4.74 Å². The molecule has 0 aliphatic carbocycles. The Hall–Kier alpha value is -1.17. The Kier molecular flexibility index (Phi) is 6.64. The van der Waals surface area contributed by atoms with Crippen LogP contribution in [0.15, 0.2) is 0 Å². The largest absolute Gasteiger partial charge is 0.507 e. The summed E-state index contributed by atoms with van der Waals surface area (Å²) in [5.41, 5.74) is -0.986. The van der Waals surface area contributed by atoms with Crippen molar-refractivity contribution >= 4 is 6.16 Å². The van der Waals surface area contributed by atoms with Crippen LogP contribution in [0.3, 0.4) is 0 Å². The van der Waals surface area contributed by atoms with Crippen molar-refractivity contribution in [2.24, 2.45) is 5.92 Å². The van der Waals surface area contributed by atoms with Crippen molar-refractivity contribution in [3.05, 3.63) is 0 Å². The Labute approximate surface area is 98.2 Å². The van der Waals surface area contributed by atoms with Crippen LogP contribution in [0.25, 0.3) is 0 Å². The first kappa shape index (κ1) is 14.8. The van der Waals surface area contributed by atoms with Crippen LogP contribution in [0.5, 0.6) is 0 Å². The molecule has 0 fully saturated rings. The summed E-state index contributed by atoms with van der Waals surface area (Å²) in [6.07, 6.45) is 9.02. The first-order chi connectivity index (χ1) is 7.47. The van der Waals surface area contributed by atoms with E-state index in [1.54, 1.807) is 6.92 Å². The molecule has 0 aliphatic heterocycles. The van der Waals surface area contributed by atoms with Gasteiger partial charge in [-0.3, -0.25) is 0 Å². The molecule has 3 nitrogen and oxygen atoms in total. The number of rotatable bonds is 7. The third-order valence-corrected chi connectivity index (χ3v) is 2.84. The van der Waals surface area contributed by atoms with E-state index in [2.05, 4.69) is 19.8 Å². The minimum absolute atomic E-state index is 0.431. The predicted molar refractivity (Wildman–Crippen MR) is 64.3 cm³/mol. The lowest BCUT2D eigenvalue weighted by atomic mass is 9.87. The number of hydrogen-bond donors (Lipinski definition) is 1. The summed E-state index contributed by atoms with van der Waals surface area (Å²) in [6.45, 7) is 5.90. The van der Waals surface area contributed by atoms with Crippen LogP contribution in [0.4, 0.5) is 4.79 Å². The summed E-state index contributed by atoms with van der Waals surface area (Å²) in [4.78, 5) is 10.5. The molecule has 0 spiro atoms. The van der Waals surface area contributed by atoms with E-state index >= 15 is 0 Å². The molecule has 0 amide bonds. The van der Waals surface area contributed by atoms with Gasteiger partial charge in [0.2, 0.25) is 0 Å². The van der Waals surface area contributed by atoms with Gasteiger partial charge in [0.25, 0.3) is 0 Å². The molecule has 2 atom stereocenters. The van der Waals surface area contributed by atoms with Gasteiger partial charge in [0, 0.05) is 6.42 Å². The second-order valence-electron chi connectivity index (χ2n) is 4.36. The van der Waals surface area contributed by atoms with Crippen molar-refractivity contribution in [2.45, 2.75) is 58.5 Å². The molecule has 0 heterocycles.